The van der Waals surface area contributed by atoms with E-state index in [0.29, 0.717) is 6.54 Å². The van der Waals surface area contributed by atoms with E-state index in [0.717, 1.165) is 55.4 Å². The molecule has 1 aliphatic heterocycles. The van der Waals surface area contributed by atoms with Gasteiger partial charge in [-0.05, 0) is 42.9 Å². The van der Waals surface area contributed by atoms with Crippen molar-refractivity contribution in [2.75, 3.05) is 42.9 Å². The van der Waals surface area contributed by atoms with Crippen LogP contribution in [0, 0.1) is 0 Å². The molecule has 2 aromatic heterocycles. The summed E-state index contributed by atoms with van der Waals surface area (Å²) < 4.78 is 0. The van der Waals surface area contributed by atoms with Crippen molar-refractivity contribution in [2.45, 2.75) is 32.6 Å². The average Bonchev–Trinajstić information content (AvgIpc) is 3.36. The first-order chi connectivity index (χ1) is 14.7. The summed E-state index contributed by atoms with van der Waals surface area (Å²) in [4.78, 5) is 29.0. The molecule has 156 valence electrons. The highest BCUT2D eigenvalue weighted by Gasteiger charge is 2.26. The lowest BCUT2D eigenvalue weighted by Gasteiger charge is -2.35. The number of anilines is 2. The van der Waals surface area contributed by atoms with Gasteiger partial charge < -0.3 is 10.2 Å². The summed E-state index contributed by atoms with van der Waals surface area (Å²) in [5.74, 6) is 1.14. The van der Waals surface area contributed by atoms with Gasteiger partial charge in [0.15, 0.2) is 0 Å². The SMILES string of the molecule is CCc1ccccc1NC(=O)CN1CCN(c2ncnc3sc4c(c23)CCC4)CC1. The van der Waals surface area contributed by atoms with Gasteiger partial charge in [-0.2, -0.15) is 0 Å². The number of carbonyl (C=O) groups is 1. The van der Waals surface area contributed by atoms with Crippen molar-refractivity contribution in [1.29, 1.82) is 0 Å². The lowest BCUT2D eigenvalue weighted by molar-refractivity contribution is -0.117. The number of para-hydroxylation sites is 1. The number of nitrogens with one attached hydrogen (secondary N) is 1. The maximum Gasteiger partial charge on any atom is 0.238 e. The number of carbonyl (C=O) groups excluding carboxylic acids is 1. The number of nitrogens with zero attached hydrogens (tertiary/aromatic N) is 4. The molecule has 1 fully saturated rings. The first-order valence-corrected chi connectivity index (χ1v) is 11.6. The summed E-state index contributed by atoms with van der Waals surface area (Å²) in [6, 6.07) is 8.03. The number of hydrogen-bond acceptors (Lipinski definition) is 6. The fraction of sp³-hybridized carbons (Fsp3) is 0.435. The molecular formula is C23H27N5OS. The number of aromatic nitrogens is 2. The molecule has 5 rings (SSSR count). The molecule has 0 bridgehead atoms. The van der Waals surface area contributed by atoms with E-state index in [-0.39, 0.29) is 5.91 Å². The molecular weight excluding hydrogens is 394 g/mol. The Kier molecular flexibility index (Phi) is 5.39. The van der Waals surface area contributed by atoms with E-state index in [9.17, 15) is 4.79 Å². The summed E-state index contributed by atoms with van der Waals surface area (Å²) in [6.07, 6.45) is 6.19. The maximum atomic E-state index is 12.6. The topological polar surface area (TPSA) is 61.4 Å². The number of hydrogen-bond donors (Lipinski definition) is 1. The van der Waals surface area contributed by atoms with E-state index in [4.69, 9.17) is 0 Å². The smallest absolute Gasteiger partial charge is 0.238 e. The molecule has 3 aromatic rings. The molecule has 0 unspecified atom stereocenters. The molecule has 0 spiro atoms. The second-order valence-electron chi connectivity index (χ2n) is 8.06. The van der Waals surface area contributed by atoms with Gasteiger partial charge in [-0.25, -0.2) is 9.97 Å². The Balaban J connectivity index is 1.23. The summed E-state index contributed by atoms with van der Waals surface area (Å²) in [5.41, 5.74) is 3.58. The zero-order chi connectivity index (χ0) is 20.5. The van der Waals surface area contributed by atoms with Crippen LogP contribution < -0.4 is 10.2 Å². The van der Waals surface area contributed by atoms with Crippen molar-refractivity contribution in [3.63, 3.8) is 0 Å². The Morgan fingerprint density at radius 2 is 1.97 bits per heavy atom. The van der Waals surface area contributed by atoms with Crippen LogP contribution in [0.15, 0.2) is 30.6 Å². The lowest BCUT2D eigenvalue weighted by atomic mass is 10.1. The highest BCUT2D eigenvalue weighted by atomic mass is 32.1. The molecule has 3 heterocycles. The van der Waals surface area contributed by atoms with Gasteiger partial charge in [-0.1, -0.05) is 25.1 Å². The predicted molar refractivity (Wildman–Crippen MR) is 123 cm³/mol. The second kappa shape index (κ2) is 8.32. The number of aryl methyl sites for hydroxylation is 3. The molecule has 1 amide bonds. The van der Waals surface area contributed by atoms with Gasteiger partial charge in [0.25, 0.3) is 0 Å². The van der Waals surface area contributed by atoms with Crippen molar-refractivity contribution >= 4 is 39.0 Å². The first kappa shape index (κ1) is 19.5. The minimum absolute atomic E-state index is 0.0597. The Morgan fingerprint density at radius 3 is 2.80 bits per heavy atom. The zero-order valence-electron chi connectivity index (χ0n) is 17.4. The molecule has 0 atom stereocenters. The third kappa shape index (κ3) is 3.68. The van der Waals surface area contributed by atoms with Crippen molar-refractivity contribution in [3.05, 3.63) is 46.6 Å². The molecule has 1 aromatic carbocycles. The van der Waals surface area contributed by atoms with Crippen LogP contribution >= 0.6 is 11.3 Å². The summed E-state index contributed by atoms with van der Waals surface area (Å²) in [7, 11) is 0. The van der Waals surface area contributed by atoms with E-state index in [1.165, 1.54) is 34.2 Å². The Morgan fingerprint density at radius 1 is 1.13 bits per heavy atom. The summed E-state index contributed by atoms with van der Waals surface area (Å²) >= 11 is 1.84. The lowest BCUT2D eigenvalue weighted by Crippen LogP contribution is -2.49. The normalized spacial score (nSPS) is 16.8. The highest BCUT2D eigenvalue weighted by molar-refractivity contribution is 7.19. The average molecular weight is 422 g/mol. The molecule has 7 heteroatoms. The van der Waals surface area contributed by atoms with Crippen molar-refractivity contribution in [2.24, 2.45) is 0 Å². The van der Waals surface area contributed by atoms with Gasteiger partial charge in [0.1, 0.15) is 17.0 Å². The van der Waals surface area contributed by atoms with Crippen LogP contribution in [0.4, 0.5) is 11.5 Å². The highest BCUT2D eigenvalue weighted by Crippen LogP contribution is 2.40. The molecule has 2 aliphatic rings. The number of thiophene rings is 1. The molecule has 30 heavy (non-hydrogen) atoms. The summed E-state index contributed by atoms with van der Waals surface area (Å²) in [6.45, 7) is 6.03. The fourth-order valence-corrected chi connectivity index (χ4v) is 5.84. The van der Waals surface area contributed by atoms with Gasteiger partial charge in [0.05, 0.1) is 11.9 Å². The molecule has 1 saturated heterocycles. The van der Waals surface area contributed by atoms with Crippen LogP contribution in [0.2, 0.25) is 0 Å². The van der Waals surface area contributed by atoms with E-state index in [2.05, 4.69) is 38.1 Å². The predicted octanol–water partition coefficient (Wildman–Crippen LogP) is 3.50. The van der Waals surface area contributed by atoms with E-state index in [1.807, 2.05) is 29.5 Å². The molecule has 1 aliphatic carbocycles. The standard InChI is InChI=1S/C23H27N5OS/c1-2-16-6-3-4-8-18(16)26-20(29)14-27-10-12-28(13-11-27)22-21-17-7-5-9-19(17)30-23(21)25-15-24-22/h3-4,6,8,15H,2,5,7,9-14H2,1H3,(H,26,29). The van der Waals surface area contributed by atoms with Crippen LogP contribution in [-0.2, 0) is 24.1 Å². The minimum atomic E-state index is 0.0597. The van der Waals surface area contributed by atoms with Crippen molar-refractivity contribution in [1.82, 2.24) is 14.9 Å². The monoisotopic (exact) mass is 421 g/mol. The van der Waals surface area contributed by atoms with Gasteiger partial charge in [0, 0.05) is 36.7 Å². The van der Waals surface area contributed by atoms with Gasteiger partial charge in [-0.15, -0.1) is 11.3 Å². The van der Waals surface area contributed by atoms with Gasteiger partial charge >= 0.3 is 0 Å². The first-order valence-electron chi connectivity index (χ1n) is 10.8. The third-order valence-corrected chi connectivity index (χ3v) is 7.39. The Hall–Kier alpha value is -2.51. The fourth-order valence-electron chi connectivity index (χ4n) is 4.61. The second-order valence-corrected chi connectivity index (χ2v) is 9.14. The zero-order valence-corrected chi connectivity index (χ0v) is 18.2. The van der Waals surface area contributed by atoms with E-state index in [1.54, 1.807) is 6.33 Å². The minimum Gasteiger partial charge on any atom is -0.353 e. The molecule has 6 nitrogen and oxygen atoms in total. The van der Waals surface area contributed by atoms with Crippen LogP contribution in [0.25, 0.3) is 10.2 Å². The van der Waals surface area contributed by atoms with Crippen molar-refractivity contribution < 1.29 is 4.79 Å². The molecule has 0 radical (unpaired) electrons. The number of amides is 1. The third-order valence-electron chi connectivity index (χ3n) is 6.19. The van der Waals surface area contributed by atoms with Crippen LogP contribution in [0.3, 0.4) is 0 Å². The number of benzene rings is 1. The largest absolute Gasteiger partial charge is 0.353 e. The van der Waals surface area contributed by atoms with Crippen molar-refractivity contribution in [3.8, 4) is 0 Å². The Labute approximate surface area is 180 Å². The van der Waals surface area contributed by atoms with Gasteiger partial charge in [-0.3, -0.25) is 9.69 Å². The summed E-state index contributed by atoms with van der Waals surface area (Å²) in [5, 5.41) is 4.36. The van der Waals surface area contributed by atoms with E-state index < -0.39 is 0 Å². The quantitative estimate of drug-likeness (QED) is 0.683. The maximum absolute atomic E-state index is 12.6. The van der Waals surface area contributed by atoms with Crippen LogP contribution in [-0.4, -0.2) is 53.5 Å². The number of fused-ring (bicyclic) bond motifs is 3. The number of rotatable bonds is 5. The van der Waals surface area contributed by atoms with Crippen LogP contribution in [0.1, 0.15) is 29.3 Å². The van der Waals surface area contributed by atoms with E-state index >= 15 is 0 Å². The Bertz CT molecular complexity index is 1070. The van der Waals surface area contributed by atoms with Gasteiger partial charge in [0.2, 0.25) is 5.91 Å². The molecule has 1 N–H and O–H groups in total. The van der Waals surface area contributed by atoms with Crippen LogP contribution in [0.5, 0.6) is 0 Å². The number of piperazine rings is 1. The molecule has 0 saturated carbocycles.